The molecule has 1 aliphatic heterocycles. The van der Waals surface area contributed by atoms with Gasteiger partial charge in [0, 0.05) is 32.1 Å². The van der Waals surface area contributed by atoms with Crippen LogP contribution in [0.15, 0.2) is 4.99 Å². The third-order valence-electron chi connectivity index (χ3n) is 5.00. The predicted molar refractivity (Wildman–Crippen MR) is 81.8 cm³/mol. The van der Waals surface area contributed by atoms with Gasteiger partial charge in [0.25, 0.3) is 0 Å². The Morgan fingerprint density at radius 2 is 2.21 bits per heavy atom. The maximum Gasteiger partial charge on any atom is 0.156 e. The van der Waals surface area contributed by atoms with Crippen molar-refractivity contribution in [1.82, 2.24) is 5.32 Å². The molecule has 3 nitrogen and oxygen atoms in total. The van der Waals surface area contributed by atoms with E-state index in [1.165, 1.54) is 55.9 Å². The van der Waals surface area contributed by atoms with E-state index in [1.54, 1.807) is 7.11 Å². The molecule has 0 spiro atoms. The van der Waals surface area contributed by atoms with Crippen LogP contribution >= 0.6 is 11.8 Å². The number of amidine groups is 1. The number of nitrogens with zero attached hydrogens (tertiary/aromatic N) is 1. The van der Waals surface area contributed by atoms with E-state index in [0.29, 0.717) is 11.5 Å². The van der Waals surface area contributed by atoms with E-state index in [4.69, 9.17) is 9.73 Å². The Hall–Kier alpha value is -0.220. The molecule has 0 bridgehead atoms. The van der Waals surface area contributed by atoms with Crippen LogP contribution in [0.5, 0.6) is 0 Å². The molecule has 0 aromatic carbocycles. The van der Waals surface area contributed by atoms with Crippen molar-refractivity contribution < 1.29 is 4.74 Å². The normalized spacial score (nSPS) is 34.7. The second kappa shape index (κ2) is 6.04. The summed E-state index contributed by atoms with van der Waals surface area (Å²) in [5.74, 6) is 2.17. The van der Waals surface area contributed by atoms with Crippen LogP contribution in [0.2, 0.25) is 0 Å². The molecule has 0 aromatic rings. The summed E-state index contributed by atoms with van der Waals surface area (Å²) in [5.41, 5.74) is 0.481. The molecule has 19 heavy (non-hydrogen) atoms. The fourth-order valence-corrected chi connectivity index (χ4v) is 4.46. The van der Waals surface area contributed by atoms with Gasteiger partial charge in [-0.3, -0.25) is 4.99 Å². The Bertz CT molecular complexity index is 341. The lowest BCUT2D eigenvalue weighted by Crippen LogP contribution is -2.46. The third kappa shape index (κ3) is 3.46. The first-order valence-corrected chi connectivity index (χ1v) is 8.73. The Balaban J connectivity index is 1.50. The summed E-state index contributed by atoms with van der Waals surface area (Å²) < 4.78 is 5.21. The molecule has 1 N–H and O–H groups in total. The van der Waals surface area contributed by atoms with E-state index in [1.807, 2.05) is 11.8 Å². The molecule has 108 valence electrons. The molecular formula is C15H26N2OS. The van der Waals surface area contributed by atoms with Gasteiger partial charge in [-0.1, -0.05) is 24.6 Å². The van der Waals surface area contributed by atoms with E-state index in [-0.39, 0.29) is 0 Å². The number of ether oxygens (including phenoxy) is 1. The van der Waals surface area contributed by atoms with Crippen LogP contribution in [-0.2, 0) is 4.74 Å². The fourth-order valence-electron chi connectivity index (χ4n) is 3.30. The molecule has 2 atom stereocenters. The molecule has 2 saturated carbocycles. The Labute approximate surface area is 121 Å². The molecule has 2 aliphatic carbocycles. The number of hydrogen-bond donors (Lipinski definition) is 1. The summed E-state index contributed by atoms with van der Waals surface area (Å²) in [6, 6.07) is 0.711. The Kier molecular flexibility index (Phi) is 4.37. The van der Waals surface area contributed by atoms with Crippen LogP contribution in [-0.4, -0.2) is 37.2 Å². The molecule has 0 amide bonds. The largest absolute Gasteiger partial charge is 0.385 e. The van der Waals surface area contributed by atoms with Crippen molar-refractivity contribution in [3.05, 3.63) is 0 Å². The first-order valence-electron chi connectivity index (χ1n) is 7.74. The zero-order valence-electron chi connectivity index (χ0n) is 12.0. The molecule has 3 fully saturated rings. The molecular weight excluding hydrogens is 256 g/mol. The second-order valence-electron chi connectivity index (χ2n) is 6.47. The van der Waals surface area contributed by atoms with E-state index in [9.17, 15) is 0 Å². The molecule has 2 unspecified atom stereocenters. The van der Waals surface area contributed by atoms with Crippen LogP contribution in [0.1, 0.15) is 44.9 Å². The average Bonchev–Trinajstić information content (AvgIpc) is 3.23. The van der Waals surface area contributed by atoms with Crippen molar-refractivity contribution in [3.8, 4) is 0 Å². The van der Waals surface area contributed by atoms with Gasteiger partial charge >= 0.3 is 0 Å². The molecule has 0 radical (unpaired) electrons. The zero-order chi connectivity index (χ0) is 13.1. The highest BCUT2D eigenvalue weighted by Gasteiger charge is 2.42. The van der Waals surface area contributed by atoms with E-state index in [0.717, 1.165) is 19.1 Å². The molecule has 1 heterocycles. The Morgan fingerprint density at radius 3 is 3.00 bits per heavy atom. The number of hydrogen-bond acceptors (Lipinski definition) is 3. The minimum Gasteiger partial charge on any atom is -0.385 e. The summed E-state index contributed by atoms with van der Waals surface area (Å²) >= 11 is 1.95. The highest BCUT2D eigenvalue weighted by atomic mass is 32.2. The van der Waals surface area contributed by atoms with Gasteiger partial charge in [0.15, 0.2) is 5.17 Å². The van der Waals surface area contributed by atoms with Crippen LogP contribution in [0.3, 0.4) is 0 Å². The van der Waals surface area contributed by atoms with Crippen molar-refractivity contribution >= 4 is 16.9 Å². The summed E-state index contributed by atoms with van der Waals surface area (Å²) in [5, 5.41) is 4.91. The summed E-state index contributed by atoms with van der Waals surface area (Å²) in [6.07, 6.45) is 9.43. The predicted octanol–water partition coefficient (Wildman–Crippen LogP) is 3.05. The Morgan fingerprint density at radius 1 is 1.37 bits per heavy atom. The van der Waals surface area contributed by atoms with Gasteiger partial charge in [-0.15, -0.1) is 0 Å². The highest BCUT2D eigenvalue weighted by Crippen LogP contribution is 2.49. The minimum atomic E-state index is 0.481. The maximum atomic E-state index is 5.21. The van der Waals surface area contributed by atoms with E-state index < -0.39 is 0 Å². The van der Waals surface area contributed by atoms with E-state index >= 15 is 0 Å². The standard InChI is InChI=1S/C15H26N2OS/c1-18-9-8-15(6-7-15)11-16-14-17-13-5-3-2-4-12(13)10-19-14/h12-13H,2-11H2,1H3,(H,16,17). The van der Waals surface area contributed by atoms with Crippen LogP contribution in [0, 0.1) is 11.3 Å². The van der Waals surface area contributed by atoms with Gasteiger partial charge in [-0.2, -0.15) is 0 Å². The molecule has 4 heteroatoms. The number of nitrogens with one attached hydrogen (secondary N) is 1. The van der Waals surface area contributed by atoms with Crippen molar-refractivity contribution in [1.29, 1.82) is 0 Å². The monoisotopic (exact) mass is 282 g/mol. The minimum absolute atomic E-state index is 0.481. The summed E-state index contributed by atoms with van der Waals surface area (Å²) in [7, 11) is 1.80. The van der Waals surface area contributed by atoms with Gasteiger partial charge < -0.3 is 10.1 Å². The first kappa shape index (κ1) is 13.7. The van der Waals surface area contributed by atoms with Gasteiger partial charge in [0.2, 0.25) is 0 Å². The maximum absolute atomic E-state index is 5.21. The van der Waals surface area contributed by atoms with Crippen LogP contribution in [0.4, 0.5) is 0 Å². The van der Waals surface area contributed by atoms with E-state index in [2.05, 4.69) is 5.32 Å². The summed E-state index contributed by atoms with van der Waals surface area (Å²) in [6.45, 7) is 1.89. The van der Waals surface area contributed by atoms with Gasteiger partial charge in [0.1, 0.15) is 0 Å². The number of thioether (sulfide) groups is 1. The second-order valence-corrected chi connectivity index (χ2v) is 7.48. The van der Waals surface area contributed by atoms with Crippen molar-refractivity contribution in [2.75, 3.05) is 26.0 Å². The SMILES string of the molecule is COCCC1(CN=C2NC3CCCCC3CS2)CC1. The van der Waals surface area contributed by atoms with Gasteiger partial charge in [-0.05, 0) is 43.4 Å². The van der Waals surface area contributed by atoms with Crippen molar-refractivity contribution in [3.63, 3.8) is 0 Å². The quantitative estimate of drug-likeness (QED) is 0.841. The van der Waals surface area contributed by atoms with Crippen LogP contribution in [0.25, 0.3) is 0 Å². The number of methoxy groups -OCH3 is 1. The smallest absolute Gasteiger partial charge is 0.156 e. The number of fused-ring (bicyclic) bond motifs is 1. The lowest BCUT2D eigenvalue weighted by Gasteiger charge is -2.37. The fraction of sp³-hybridized carbons (Fsp3) is 0.933. The van der Waals surface area contributed by atoms with Crippen LogP contribution < -0.4 is 5.32 Å². The third-order valence-corrected chi connectivity index (χ3v) is 6.12. The van der Waals surface area contributed by atoms with Gasteiger partial charge in [-0.25, -0.2) is 0 Å². The average molecular weight is 282 g/mol. The van der Waals surface area contributed by atoms with Gasteiger partial charge in [0.05, 0.1) is 0 Å². The van der Waals surface area contributed by atoms with Crippen molar-refractivity contribution in [2.45, 2.75) is 51.0 Å². The number of rotatable bonds is 5. The lowest BCUT2D eigenvalue weighted by molar-refractivity contribution is 0.174. The molecule has 3 rings (SSSR count). The lowest BCUT2D eigenvalue weighted by atomic mass is 9.86. The molecule has 3 aliphatic rings. The zero-order valence-corrected chi connectivity index (χ0v) is 12.8. The summed E-state index contributed by atoms with van der Waals surface area (Å²) in [4.78, 5) is 4.87. The molecule has 0 aromatic heterocycles. The topological polar surface area (TPSA) is 33.6 Å². The van der Waals surface area contributed by atoms with Crippen molar-refractivity contribution in [2.24, 2.45) is 16.3 Å². The highest BCUT2D eigenvalue weighted by molar-refractivity contribution is 8.13. The molecule has 1 saturated heterocycles. The number of aliphatic imine (C=N–C) groups is 1. The first-order chi connectivity index (χ1) is 9.31.